The number of sulfonamides is 2. The molecule has 0 bridgehead atoms. The lowest BCUT2D eigenvalue weighted by Gasteiger charge is -2.19. The first kappa shape index (κ1) is 27.3. The monoisotopic (exact) mass is 566 g/mol. The summed E-state index contributed by atoms with van der Waals surface area (Å²) in [6.07, 6.45) is 0. The van der Waals surface area contributed by atoms with Gasteiger partial charge in [-0.25, -0.2) is 16.8 Å². The fraction of sp³-hybridized carbons (Fsp3) is 0.364. The molecule has 0 saturated heterocycles. The van der Waals surface area contributed by atoms with E-state index in [9.17, 15) is 16.8 Å². The Morgan fingerprint density at radius 3 is 1.74 bits per heavy atom. The zero-order chi connectivity index (χ0) is 25.4. The van der Waals surface area contributed by atoms with Gasteiger partial charge in [0.05, 0.1) is 15.1 Å². The summed E-state index contributed by atoms with van der Waals surface area (Å²) in [5.74, 6) is 0.179. The van der Waals surface area contributed by atoms with Crippen LogP contribution < -0.4 is 0 Å². The Hall–Kier alpha value is -1.33. The van der Waals surface area contributed by atoms with Gasteiger partial charge in [0.1, 0.15) is 15.4 Å². The van der Waals surface area contributed by atoms with Crippen molar-refractivity contribution >= 4 is 65.8 Å². The molecule has 7 nitrogen and oxygen atoms in total. The number of hydrogen-bond acceptors (Lipinski definition) is 5. The van der Waals surface area contributed by atoms with E-state index in [0.717, 1.165) is 0 Å². The van der Waals surface area contributed by atoms with Crippen LogP contribution >= 0.6 is 34.8 Å². The second kappa shape index (κ2) is 10.3. The third-order valence-corrected chi connectivity index (χ3v) is 10.9. The van der Waals surface area contributed by atoms with Crippen LogP contribution in [0.1, 0.15) is 27.7 Å². The molecule has 34 heavy (non-hydrogen) atoms. The van der Waals surface area contributed by atoms with Gasteiger partial charge in [0.15, 0.2) is 5.76 Å². The van der Waals surface area contributed by atoms with E-state index in [-0.39, 0.29) is 62.4 Å². The highest BCUT2D eigenvalue weighted by molar-refractivity contribution is 7.89. The van der Waals surface area contributed by atoms with E-state index < -0.39 is 20.0 Å². The van der Waals surface area contributed by atoms with Gasteiger partial charge in [0.25, 0.3) is 0 Å². The predicted molar refractivity (Wildman–Crippen MR) is 137 cm³/mol. The van der Waals surface area contributed by atoms with Crippen LogP contribution in [0.15, 0.2) is 44.5 Å². The summed E-state index contributed by atoms with van der Waals surface area (Å²) in [6, 6.07) is 7.22. The van der Waals surface area contributed by atoms with E-state index in [2.05, 4.69) is 0 Å². The summed E-state index contributed by atoms with van der Waals surface area (Å²) in [7, 11) is -7.69. The maximum absolute atomic E-state index is 13.1. The fourth-order valence-electron chi connectivity index (χ4n) is 3.70. The molecule has 12 heteroatoms. The molecule has 0 saturated carbocycles. The molecular weight excluding hydrogens is 543 g/mol. The predicted octanol–water partition coefficient (Wildman–Crippen LogP) is 6.12. The summed E-state index contributed by atoms with van der Waals surface area (Å²) < 4.78 is 60.7. The highest BCUT2D eigenvalue weighted by Crippen LogP contribution is 2.42. The number of benzene rings is 2. The second-order valence-corrected chi connectivity index (χ2v) is 12.4. The van der Waals surface area contributed by atoms with Crippen LogP contribution in [0, 0.1) is 0 Å². The quantitative estimate of drug-likeness (QED) is 0.311. The average Bonchev–Trinajstić information content (AvgIpc) is 3.09. The summed E-state index contributed by atoms with van der Waals surface area (Å²) in [6.45, 7) is 8.09. The van der Waals surface area contributed by atoms with Crippen molar-refractivity contribution in [2.24, 2.45) is 0 Å². The van der Waals surface area contributed by atoms with Gasteiger partial charge in [0, 0.05) is 43.2 Å². The van der Waals surface area contributed by atoms with Gasteiger partial charge in [-0.15, -0.1) is 0 Å². The number of halogens is 3. The van der Waals surface area contributed by atoms with Crippen LogP contribution in [0.25, 0.3) is 22.3 Å². The molecular formula is C22H25Cl3N2O5S2. The number of hydrogen-bond donors (Lipinski definition) is 0. The Kier molecular flexibility index (Phi) is 8.29. The number of furan rings is 1. The molecule has 1 heterocycles. The standard InChI is InChI=1S/C22H25Cl3N2O5S2/c1-5-26(6-2)33(28,29)19-11-14(9-10-16(19)23)22-21(25)15-12-20(17(24)13-18(15)32-22)34(30,31)27(7-3)8-4/h9-13H,5-8H2,1-4H3. The summed E-state index contributed by atoms with van der Waals surface area (Å²) in [4.78, 5) is -0.157. The SMILES string of the molecule is CCN(CC)S(=O)(=O)c1cc(-c2oc3cc(Cl)c(S(=O)(=O)N(CC)CC)cc3c2Cl)ccc1Cl. The Morgan fingerprint density at radius 1 is 0.735 bits per heavy atom. The minimum absolute atomic E-state index is 0.00253. The molecule has 0 spiro atoms. The maximum Gasteiger partial charge on any atom is 0.244 e. The Bertz CT molecular complexity index is 1430. The van der Waals surface area contributed by atoms with E-state index in [4.69, 9.17) is 39.2 Å². The molecule has 0 aliphatic rings. The third-order valence-electron chi connectivity index (χ3n) is 5.52. The lowest BCUT2D eigenvalue weighted by atomic mass is 10.1. The van der Waals surface area contributed by atoms with Gasteiger partial charge >= 0.3 is 0 Å². The molecule has 1 aromatic heterocycles. The van der Waals surface area contributed by atoms with E-state index in [0.29, 0.717) is 10.9 Å². The fourth-order valence-corrected chi connectivity index (χ4v) is 7.93. The van der Waals surface area contributed by atoms with Gasteiger partial charge in [0.2, 0.25) is 20.0 Å². The first-order chi connectivity index (χ1) is 15.9. The highest BCUT2D eigenvalue weighted by atomic mass is 35.5. The van der Waals surface area contributed by atoms with Crippen molar-refractivity contribution in [2.45, 2.75) is 37.5 Å². The van der Waals surface area contributed by atoms with Gasteiger partial charge in [-0.05, 0) is 24.3 Å². The average molecular weight is 568 g/mol. The largest absolute Gasteiger partial charge is 0.454 e. The summed E-state index contributed by atoms with van der Waals surface area (Å²) in [5, 5.41) is 0.543. The molecule has 0 radical (unpaired) electrons. The maximum atomic E-state index is 13.1. The Balaban J connectivity index is 2.21. The molecule has 0 amide bonds. The van der Waals surface area contributed by atoms with Crippen molar-refractivity contribution in [3.8, 4) is 11.3 Å². The minimum Gasteiger partial charge on any atom is -0.454 e. The third kappa shape index (κ3) is 4.72. The second-order valence-electron chi connectivity index (χ2n) is 7.35. The van der Waals surface area contributed by atoms with Crippen molar-refractivity contribution in [1.29, 1.82) is 0 Å². The van der Waals surface area contributed by atoms with Crippen LogP contribution in [0.2, 0.25) is 15.1 Å². The first-order valence-corrected chi connectivity index (χ1v) is 14.7. The van der Waals surface area contributed by atoms with Gasteiger partial charge in [-0.3, -0.25) is 0 Å². The smallest absolute Gasteiger partial charge is 0.244 e. The molecule has 0 atom stereocenters. The number of nitrogens with zero attached hydrogens (tertiary/aromatic N) is 2. The van der Waals surface area contributed by atoms with Gasteiger partial charge in [-0.1, -0.05) is 62.5 Å². The molecule has 3 aromatic rings. The Labute approximate surface area is 215 Å². The van der Waals surface area contributed by atoms with Crippen molar-refractivity contribution in [1.82, 2.24) is 8.61 Å². The number of fused-ring (bicyclic) bond motifs is 1. The summed E-state index contributed by atoms with van der Waals surface area (Å²) >= 11 is 19.1. The molecule has 0 unspecified atom stereocenters. The van der Waals surface area contributed by atoms with Crippen molar-refractivity contribution in [2.75, 3.05) is 26.2 Å². The number of rotatable bonds is 9. The van der Waals surface area contributed by atoms with Crippen LogP contribution in [-0.2, 0) is 20.0 Å². The van der Waals surface area contributed by atoms with Crippen molar-refractivity contribution < 1.29 is 21.3 Å². The van der Waals surface area contributed by atoms with Gasteiger partial charge in [-0.2, -0.15) is 8.61 Å². The van der Waals surface area contributed by atoms with Crippen LogP contribution in [0.3, 0.4) is 0 Å². The van der Waals surface area contributed by atoms with E-state index >= 15 is 0 Å². The zero-order valence-corrected chi connectivity index (χ0v) is 23.0. The zero-order valence-electron chi connectivity index (χ0n) is 19.1. The highest BCUT2D eigenvalue weighted by Gasteiger charge is 2.28. The molecule has 0 aliphatic heterocycles. The molecule has 0 N–H and O–H groups in total. The molecule has 2 aromatic carbocycles. The minimum atomic E-state index is -3.84. The van der Waals surface area contributed by atoms with Crippen LogP contribution in [0.5, 0.6) is 0 Å². The lowest BCUT2D eigenvalue weighted by Crippen LogP contribution is -2.30. The van der Waals surface area contributed by atoms with Gasteiger partial charge < -0.3 is 4.42 Å². The summed E-state index contributed by atoms with van der Waals surface area (Å²) in [5.41, 5.74) is 0.646. The first-order valence-electron chi connectivity index (χ1n) is 10.7. The van der Waals surface area contributed by atoms with E-state index in [1.165, 1.54) is 32.9 Å². The molecule has 0 fully saturated rings. The lowest BCUT2D eigenvalue weighted by molar-refractivity contribution is 0.444. The van der Waals surface area contributed by atoms with E-state index in [1.807, 2.05) is 0 Å². The topological polar surface area (TPSA) is 87.9 Å². The molecule has 186 valence electrons. The van der Waals surface area contributed by atoms with Crippen molar-refractivity contribution in [3.05, 3.63) is 45.4 Å². The molecule has 0 aliphatic carbocycles. The van der Waals surface area contributed by atoms with Crippen LogP contribution in [0.4, 0.5) is 0 Å². The molecule has 3 rings (SSSR count). The normalized spacial score (nSPS) is 12.9. The van der Waals surface area contributed by atoms with Crippen LogP contribution in [-0.4, -0.2) is 51.6 Å². The Morgan fingerprint density at radius 2 is 1.24 bits per heavy atom. The van der Waals surface area contributed by atoms with Crippen molar-refractivity contribution in [3.63, 3.8) is 0 Å². The van der Waals surface area contributed by atoms with E-state index in [1.54, 1.807) is 33.8 Å².